The molecule has 0 aliphatic heterocycles. The Balaban J connectivity index is 3.36. The molecule has 0 saturated carbocycles. The molecule has 0 heterocycles. The number of rotatable bonds is 3. The molecule has 9 heteroatoms. The van der Waals surface area contributed by atoms with E-state index in [4.69, 9.17) is 0 Å². The number of hydrogen-bond acceptors (Lipinski definition) is 6. The monoisotopic (exact) mass is 229 g/mol. The maximum atomic E-state index is 10.8. The van der Waals surface area contributed by atoms with Crippen molar-refractivity contribution >= 4 is 0 Å². The van der Waals surface area contributed by atoms with Crippen molar-refractivity contribution in [1.82, 2.24) is 0 Å². The average molecular weight is 229 g/mol. The van der Waals surface area contributed by atoms with Gasteiger partial charge in [-0.1, -0.05) is 6.08 Å². The standard InChI is InChI=1S/C7H7N3O6/c1-7(10(15)16)5(8(11)12)3-2-4-6(7)9(13)14/h2-5H,1H3. The van der Waals surface area contributed by atoms with E-state index in [9.17, 15) is 30.3 Å². The summed E-state index contributed by atoms with van der Waals surface area (Å²) in [4.78, 5) is 29.2. The van der Waals surface area contributed by atoms with E-state index in [1.807, 2.05) is 0 Å². The van der Waals surface area contributed by atoms with E-state index in [1.54, 1.807) is 0 Å². The molecule has 16 heavy (non-hydrogen) atoms. The van der Waals surface area contributed by atoms with Crippen molar-refractivity contribution in [3.63, 3.8) is 0 Å². The van der Waals surface area contributed by atoms with E-state index in [0.29, 0.717) is 0 Å². The predicted octanol–water partition coefficient (Wildman–Crippen LogP) is 0.397. The fourth-order valence-corrected chi connectivity index (χ4v) is 1.48. The molecule has 2 atom stereocenters. The number of nitro groups is 3. The zero-order valence-corrected chi connectivity index (χ0v) is 8.10. The van der Waals surface area contributed by atoms with E-state index in [1.165, 1.54) is 0 Å². The van der Waals surface area contributed by atoms with Crippen LogP contribution in [0.4, 0.5) is 0 Å². The lowest BCUT2D eigenvalue weighted by Crippen LogP contribution is -2.53. The first-order valence-corrected chi connectivity index (χ1v) is 4.13. The average Bonchev–Trinajstić information content (AvgIpc) is 2.16. The molecule has 0 aromatic rings. The van der Waals surface area contributed by atoms with Crippen molar-refractivity contribution in [1.29, 1.82) is 0 Å². The van der Waals surface area contributed by atoms with E-state index in [-0.39, 0.29) is 0 Å². The first-order chi connectivity index (χ1) is 7.31. The maximum absolute atomic E-state index is 10.8. The molecule has 9 nitrogen and oxygen atoms in total. The second-order valence-electron chi connectivity index (χ2n) is 3.33. The highest BCUT2D eigenvalue weighted by Gasteiger charge is 2.63. The van der Waals surface area contributed by atoms with Gasteiger partial charge in [0.2, 0.25) is 0 Å². The summed E-state index contributed by atoms with van der Waals surface area (Å²) in [7, 11) is 0. The normalized spacial score (nSPS) is 28.3. The van der Waals surface area contributed by atoms with Crippen LogP contribution in [0, 0.1) is 30.3 Å². The van der Waals surface area contributed by atoms with Crippen molar-refractivity contribution in [2.24, 2.45) is 0 Å². The first-order valence-electron chi connectivity index (χ1n) is 4.13. The van der Waals surface area contributed by atoms with Crippen LogP contribution in [0.15, 0.2) is 23.9 Å². The van der Waals surface area contributed by atoms with E-state index in [2.05, 4.69) is 0 Å². The van der Waals surface area contributed by atoms with Gasteiger partial charge in [0.1, 0.15) is 0 Å². The molecule has 1 aliphatic carbocycles. The molecule has 0 aromatic carbocycles. The molecule has 0 radical (unpaired) electrons. The lowest BCUT2D eigenvalue weighted by molar-refractivity contribution is -0.655. The Hall–Kier alpha value is -2.32. The zero-order chi connectivity index (χ0) is 12.5. The van der Waals surface area contributed by atoms with Crippen molar-refractivity contribution in [3.8, 4) is 0 Å². The van der Waals surface area contributed by atoms with Crippen molar-refractivity contribution in [3.05, 3.63) is 54.3 Å². The predicted molar refractivity (Wildman–Crippen MR) is 50.4 cm³/mol. The smallest absolute Gasteiger partial charge is 0.264 e. The largest absolute Gasteiger partial charge is 0.375 e. The SMILES string of the molecule is CC1([N+](=O)[O-])C([N+](=O)[O-])=CC=CC1[N+](=O)[O-]. The lowest BCUT2D eigenvalue weighted by atomic mass is 9.86. The van der Waals surface area contributed by atoms with Gasteiger partial charge in [-0.3, -0.25) is 30.3 Å². The lowest BCUT2D eigenvalue weighted by Gasteiger charge is -2.21. The highest BCUT2D eigenvalue weighted by Crippen LogP contribution is 2.30. The third kappa shape index (κ3) is 1.51. The van der Waals surface area contributed by atoms with E-state index >= 15 is 0 Å². The Kier molecular flexibility index (Phi) is 2.70. The minimum atomic E-state index is -2.35. The fourth-order valence-electron chi connectivity index (χ4n) is 1.48. The van der Waals surface area contributed by atoms with Gasteiger partial charge in [-0.15, -0.1) is 0 Å². The summed E-state index contributed by atoms with van der Waals surface area (Å²) in [6, 6.07) is -1.74. The Labute approximate surface area is 88.5 Å². The van der Waals surface area contributed by atoms with Crippen LogP contribution in [0.2, 0.25) is 0 Å². The third-order valence-corrected chi connectivity index (χ3v) is 2.45. The van der Waals surface area contributed by atoms with Gasteiger partial charge in [0.15, 0.2) is 0 Å². The number of nitrogens with zero attached hydrogens (tertiary/aromatic N) is 3. The van der Waals surface area contributed by atoms with Crippen molar-refractivity contribution < 1.29 is 14.8 Å². The quantitative estimate of drug-likeness (QED) is 0.508. The summed E-state index contributed by atoms with van der Waals surface area (Å²) in [6.45, 7) is 0.874. The Morgan fingerprint density at radius 3 is 2.19 bits per heavy atom. The molecule has 0 fully saturated rings. The number of allylic oxidation sites excluding steroid dienone is 2. The molecule has 0 saturated heterocycles. The van der Waals surface area contributed by atoms with Gasteiger partial charge in [-0.2, -0.15) is 0 Å². The van der Waals surface area contributed by atoms with Gasteiger partial charge in [0.25, 0.3) is 0 Å². The Bertz CT molecular complexity index is 428. The maximum Gasteiger partial charge on any atom is 0.375 e. The molecule has 86 valence electrons. The zero-order valence-electron chi connectivity index (χ0n) is 8.10. The summed E-state index contributed by atoms with van der Waals surface area (Å²) >= 11 is 0. The van der Waals surface area contributed by atoms with E-state index in [0.717, 1.165) is 25.2 Å². The molecule has 0 spiro atoms. The molecule has 1 aliphatic rings. The van der Waals surface area contributed by atoms with Crippen molar-refractivity contribution in [2.75, 3.05) is 0 Å². The van der Waals surface area contributed by atoms with Crippen LogP contribution >= 0.6 is 0 Å². The topological polar surface area (TPSA) is 129 Å². The minimum absolute atomic E-state index is 0.790. The van der Waals surface area contributed by atoms with Gasteiger partial charge in [0.05, 0.1) is 4.92 Å². The molecule has 0 aromatic heterocycles. The van der Waals surface area contributed by atoms with Crippen LogP contribution in [0.25, 0.3) is 0 Å². The van der Waals surface area contributed by atoms with Crippen LogP contribution < -0.4 is 0 Å². The highest BCUT2D eigenvalue weighted by atomic mass is 16.7. The van der Waals surface area contributed by atoms with Crippen LogP contribution in [0.5, 0.6) is 0 Å². The van der Waals surface area contributed by atoms with Gasteiger partial charge < -0.3 is 0 Å². The van der Waals surface area contributed by atoms with Crippen LogP contribution in [0.3, 0.4) is 0 Å². The third-order valence-electron chi connectivity index (χ3n) is 2.45. The van der Waals surface area contributed by atoms with Crippen LogP contribution in [-0.4, -0.2) is 26.4 Å². The fraction of sp³-hybridized carbons (Fsp3) is 0.429. The highest BCUT2D eigenvalue weighted by molar-refractivity contribution is 5.26. The molecular formula is C7H7N3O6. The summed E-state index contributed by atoms with van der Waals surface area (Å²) < 4.78 is 0. The second-order valence-corrected chi connectivity index (χ2v) is 3.33. The van der Waals surface area contributed by atoms with Gasteiger partial charge >= 0.3 is 17.3 Å². The van der Waals surface area contributed by atoms with Gasteiger partial charge in [0, 0.05) is 22.8 Å². The van der Waals surface area contributed by atoms with E-state index < -0.39 is 32.0 Å². The molecule has 2 unspecified atom stereocenters. The summed E-state index contributed by atoms with van der Waals surface area (Å²) in [5.74, 6) is 0. The minimum Gasteiger partial charge on any atom is -0.264 e. The summed E-state index contributed by atoms with van der Waals surface area (Å²) in [5.41, 5.74) is -3.14. The molecule has 1 rings (SSSR count). The molecule has 0 amide bonds. The summed E-state index contributed by atoms with van der Waals surface area (Å²) in [6.07, 6.45) is 2.95. The Morgan fingerprint density at radius 1 is 1.25 bits per heavy atom. The molecular weight excluding hydrogens is 222 g/mol. The Morgan fingerprint density at radius 2 is 1.81 bits per heavy atom. The van der Waals surface area contributed by atoms with Crippen molar-refractivity contribution in [2.45, 2.75) is 18.5 Å². The second kappa shape index (κ2) is 3.68. The van der Waals surface area contributed by atoms with Crippen LogP contribution in [0.1, 0.15) is 6.92 Å². The molecule has 0 bridgehead atoms. The number of hydrogen-bond donors (Lipinski definition) is 0. The summed E-state index contributed by atoms with van der Waals surface area (Å²) in [5, 5.41) is 32.1. The van der Waals surface area contributed by atoms with Gasteiger partial charge in [-0.25, -0.2) is 0 Å². The van der Waals surface area contributed by atoms with Crippen LogP contribution in [-0.2, 0) is 0 Å². The van der Waals surface area contributed by atoms with Gasteiger partial charge in [-0.05, 0) is 6.08 Å². The molecule has 0 N–H and O–H groups in total. The first kappa shape index (κ1) is 11.8.